The summed E-state index contributed by atoms with van der Waals surface area (Å²) < 4.78 is 5.82. The molecule has 0 radical (unpaired) electrons. The predicted octanol–water partition coefficient (Wildman–Crippen LogP) is 0.955. The van der Waals surface area contributed by atoms with E-state index in [0.29, 0.717) is 37.9 Å². The van der Waals surface area contributed by atoms with Crippen LogP contribution >= 0.6 is 0 Å². The molecule has 8 nitrogen and oxygen atoms in total. The molecular weight excluding hydrogens is 332 g/mol. The van der Waals surface area contributed by atoms with E-state index in [1.54, 1.807) is 12.4 Å². The minimum absolute atomic E-state index is 0.0941. The number of carbonyl (C=O) groups excluding carboxylic acids is 1. The summed E-state index contributed by atoms with van der Waals surface area (Å²) in [6.07, 6.45) is 5.82. The van der Waals surface area contributed by atoms with Crippen LogP contribution in [0.3, 0.4) is 0 Å². The Labute approximate surface area is 152 Å². The summed E-state index contributed by atoms with van der Waals surface area (Å²) in [5, 5.41) is 0. The zero-order chi connectivity index (χ0) is 18.3. The molecule has 2 aromatic heterocycles. The Kier molecular flexibility index (Phi) is 4.07. The lowest BCUT2D eigenvalue weighted by atomic mass is 9.80. The monoisotopic (exact) mass is 354 g/mol. The van der Waals surface area contributed by atoms with Crippen LogP contribution in [0.5, 0.6) is 0 Å². The first kappa shape index (κ1) is 16.8. The summed E-state index contributed by atoms with van der Waals surface area (Å²) in [7, 11) is 3.85. The van der Waals surface area contributed by atoms with Crippen molar-refractivity contribution in [3.8, 4) is 0 Å². The SMILES string of the molecule is Cc1cnc(C(=O)N2CC[C@@]3(COCc4cnc(N(C)C)nc43)C2)cn1. The summed E-state index contributed by atoms with van der Waals surface area (Å²) in [5.41, 5.74) is 2.90. The van der Waals surface area contributed by atoms with Crippen molar-refractivity contribution >= 4 is 11.9 Å². The van der Waals surface area contributed by atoms with Crippen LogP contribution in [-0.2, 0) is 16.8 Å². The number of likely N-dealkylation sites (tertiary alicyclic amines) is 1. The molecule has 8 heteroatoms. The number of aryl methyl sites for hydroxylation is 1. The molecule has 2 aliphatic heterocycles. The average Bonchev–Trinajstić information content (AvgIpc) is 3.06. The Hall–Kier alpha value is -2.61. The zero-order valence-corrected chi connectivity index (χ0v) is 15.3. The number of ether oxygens (including phenoxy) is 1. The first-order chi connectivity index (χ1) is 12.5. The summed E-state index contributed by atoms with van der Waals surface area (Å²) in [6.45, 7) is 4.15. The summed E-state index contributed by atoms with van der Waals surface area (Å²) in [6, 6.07) is 0. The third-order valence-corrected chi connectivity index (χ3v) is 5.03. The van der Waals surface area contributed by atoms with Gasteiger partial charge in [-0.15, -0.1) is 0 Å². The van der Waals surface area contributed by atoms with Gasteiger partial charge in [0.25, 0.3) is 5.91 Å². The largest absolute Gasteiger partial charge is 0.376 e. The number of amides is 1. The molecule has 2 aliphatic rings. The van der Waals surface area contributed by atoms with Crippen LogP contribution in [0.2, 0.25) is 0 Å². The number of carbonyl (C=O) groups is 1. The van der Waals surface area contributed by atoms with Gasteiger partial charge in [-0.25, -0.2) is 15.0 Å². The second-order valence-corrected chi connectivity index (χ2v) is 7.23. The Balaban J connectivity index is 1.63. The standard InChI is InChI=1S/C18H22N6O2/c1-12-6-20-14(8-19-12)16(25)24-5-4-18(10-24)11-26-9-13-7-21-17(23(2)3)22-15(13)18/h6-8H,4-5,9-11H2,1-3H3/t18-/m0/s1. The van der Waals surface area contributed by atoms with Gasteiger partial charge in [-0.3, -0.25) is 9.78 Å². The fourth-order valence-electron chi connectivity index (χ4n) is 3.62. The summed E-state index contributed by atoms with van der Waals surface area (Å²) in [5.74, 6) is 0.586. The molecule has 2 aromatic rings. The van der Waals surface area contributed by atoms with Crippen LogP contribution in [0.4, 0.5) is 5.95 Å². The first-order valence-electron chi connectivity index (χ1n) is 8.68. The van der Waals surface area contributed by atoms with Crippen molar-refractivity contribution in [2.24, 2.45) is 0 Å². The maximum absolute atomic E-state index is 12.8. The smallest absolute Gasteiger partial charge is 0.274 e. The number of rotatable bonds is 2. The third-order valence-electron chi connectivity index (χ3n) is 5.03. The average molecular weight is 354 g/mol. The van der Waals surface area contributed by atoms with Crippen molar-refractivity contribution in [1.82, 2.24) is 24.8 Å². The number of hydrogen-bond acceptors (Lipinski definition) is 7. The lowest BCUT2D eigenvalue weighted by Gasteiger charge is -2.34. The predicted molar refractivity (Wildman–Crippen MR) is 95.0 cm³/mol. The van der Waals surface area contributed by atoms with Gasteiger partial charge in [-0.2, -0.15) is 0 Å². The van der Waals surface area contributed by atoms with Gasteiger partial charge in [0.15, 0.2) is 0 Å². The topological polar surface area (TPSA) is 84.3 Å². The lowest BCUT2D eigenvalue weighted by Crippen LogP contribution is -2.42. The van der Waals surface area contributed by atoms with Crippen molar-refractivity contribution in [3.05, 3.63) is 41.2 Å². The first-order valence-corrected chi connectivity index (χ1v) is 8.68. The highest BCUT2D eigenvalue weighted by atomic mass is 16.5. The molecule has 1 amide bonds. The molecule has 0 aliphatic carbocycles. The normalized spacial score (nSPS) is 21.7. The van der Waals surface area contributed by atoms with E-state index in [0.717, 1.165) is 23.4 Å². The maximum atomic E-state index is 12.8. The molecule has 0 unspecified atom stereocenters. The second kappa shape index (κ2) is 6.28. The molecule has 1 spiro atoms. The Morgan fingerprint density at radius 3 is 2.81 bits per heavy atom. The van der Waals surface area contributed by atoms with Crippen molar-refractivity contribution in [3.63, 3.8) is 0 Å². The summed E-state index contributed by atoms with van der Waals surface area (Å²) in [4.78, 5) is 34.1. The van der Waals surface area contributed by atoms with Gasteiger partial charge >= 0.3 is 0 Å². The molecule has 1 fully saturated rings. The minimum atomic E-state index is -0.283. The van der Waals surface area contributed by atoms with Gasteiger partial charge in [-0.05, 0) is 13.3 Å². The molecule has 4 rings (SSSR count). The number of anilines is 1. The summed E-state index contributed by atoms with van der Waals surface area (Å²) >= 11 is 0. The number of hydrogen-bond donors (Lipinski definition) is 0. The van der Waals surface area contributed by atoms with Crippen molar-refractivity contribution in [2.45, 2.75) is 25.4 Å². The molecule has 26 heavy (non-hydrogen) atoms. The van der Waals surface area contributed by atoms with Crippen LogP contribution in [-0.4, -0.2) is 64.5 Å². The molecule has 1 atom stereocenters. The third kappa shape index (κ3) is 2.80. The molecule has 0 N–H and O–H groups in total. The van der Waals surface area contributed by atoms with E-state index in [2.05, 4.69) is 15.0 Å². The maximum Gasteiger partial charge on any atom is 0.274 e. The second-order valence-electron chi connectivity index (χ2n) is 7.23. The lowest BCUT2D eigenvalue weighted by molar-refractivity contribution is 0.0483. The van der Waals surface area contributed by atoms with Crippen LogP contribution in [0.15, 0.2) is 18.6 Å². The molecule has 136 valence electrons. The number of nitrogens with zero attached hydrogens (tertiary/aromatic N) is 6. The fourth-order valence-corrected chi connectivity index (χ4v) is 3.62. The van der Waals surface area contributed by atoms with Crippen LogP contribution in [0.25, 0.3) is 0 Å². The van der Waals surface area contributed by atoms with E-state index in [4.69, 9.17) is 9.72 Å². The molecule has 0 bridgehead atoms. The van der Waals surface area contributed by atoms with Crippen molar-refractivity contribution in [1.29, 1.82) is 0 Å². The van der Waals surface area contributed by atoms with Gasteiger partial charge < -0.3 is 14.5 Å². The van der Waals surface area contributed by atoms with Crippen LogP contribution < -0.4 is 4.90 Å². The Bertz CT molecular complexity index is 838. The highest BCUT2D eigenvalue weighted by molar-refractivity contribution is 5.92. The number of aromatic nitrogens is 4. The Morgan fingerprint density at radius 2 is 2.08 bits per heavy atom. The molecule has 0 saturated carbocycles. The Morgan fingerprint density at radius 1 is 1.23 bits per heavy atom. The van der Waals surface area contributed by atoms with Gasteiger partial charge in [0.1, 0.15) is 5.69 Å². The van der Waals surface area contributed by atoms with Gasteiger partial charge in [0.05, 0.1) is 36.2 Å². The van der Waals surface area contributed by atoms with Crippen LogP contribution in [0, 0.1) is 6.92 Å². The quantitative estimate of drug-likeness (QED) is 0.794. The van der Waals surface area contributed by atoms with E-state index in [-0.39, 0.29) is 11.3 Å². The molecule has 4 heterocycles. The van der Waals surface area contributed by atoms with E-state index in [9.17, 15) is 4.79 Å². The van der Waals surface area contributed by atoms with E-state index in [1.165, 1.54) is 0 Å². The van der Waals surface area contributed by atoms with Gasteiger partial charge in [0.2, 0.25) is 5.95 Å². The molecule has 1 saturated heterocycles. The van der Waals surface area contributed by atoms with E-state index < -0.39 is 0 Å². The fraction of sp³-hybridized carbons (Fsp3) is 0.500. The van der Waals surface area contributed by atoms with Crippen LogP contribution in [0.1, 0.15) is 33.9 Å². The van der Waals surface area contributed by atoms with Crippen molar-refractivity contribution in [2.75, 3.05) is 38.7 Å². The number of fused-ring (bicyclic) bond motifs is 2. The van der Waals surface area contributed by atoms with Gasteiger partial charge in [0, 0.05) is 45.1 Å². The minimum Gasteiger partial charge on any atom is -0.376 e. The molecule has 0 aromatic carbocycles. The van der Waals surface area contributed by atoms with Gasteiger partial charge in [-0.1, -0.05) is 0 Å². The zero-order valence-electron chi connectivity index (χ0n) is 15.3. The molecular formula is C18H22N6O2. The van der Waals surface area contributed by atoms with Crippen molar-refractivity contribution < 1.29 is 9.53 Å². The van der Waals surface area contributed by atoms with E-state index in [1.807, 2.05) is 37.0 Å². The van der Waals surface area contributed by atoms with E-state index >= 15 is 0 Å². The highest BCUT2D eigenvalue weighted by Crippen LogP contribution is 2.39. The highest BCUT2D eigenvalue weighted by Gasteiger charge is 2.46.